The van der Waals surface area contributed by atoms with Crippen molar-refractivity contribution in [3.63, 3.8) is 0 Å². The summed E-state index contributed by atoms with van der Waals surface area (Å²) >= 11 is 0. The Morgan fingerprint density at radius 3 is 2.57 bits per heavy atom. The molecule has 0 unspecified atom stereocenters. The first-order valence-electron chi connectivity index (χ1n) is 3.68. The number of nitrogen functional groups attached to an aromatic ring is 1. The van der Waals surface area contributed by atoms with Crippen molar-refractivity contribution in [1.29, 1.82) is 0 Å². The zero-order chi connectivity index (χ0) is 10.8. The molecule has 1 rings (SSSR count). The molecule has 8 heteroatoms. The summed E-state index contributed by atoms with van der Waals surface area (Å²) in [7, 11) is 1.54. The van der Waals surface area contributed by atoms with E-state index in [0.717, 1.165) is 0 Å². The normalized spacial score (nSPS) is 12.0. The number of hydrogen-bond acceptors (Lipinski definition) is 4. The van der Waals surface area contributed by atoms with Crippen LogP contribution in [0, 0.1) is 0 Å². The maximum atomic E-state index is 11.6. The number of hydrogen-bond donors (Lipinski definition) is 1. The van der Waals surface area contributed by atoms with E-state index in [1.165, 1.54) is 11.7 Å². The first-order chi connectivity index (χ1) is 6.38. The van der Waals surface area contributed by atoms with Crippen LogP contribution in [0.5, 0.6) is 0 Å². The molecule has 0 spiro atoms. The van der Waals surface area contributed by atoms with Gasteiger partial charge in [0.1, 0.15) is 13.2 Å². The molecule has 5 nitrogen and oxygen atoms in total. The largest absolute Gasteiger partial charge is 0.411 e. The molecule has 0 fully saturated rings. The quantitative estimate of drug-likeness (QED) is 0.787. The number of nitrogens with zero attached hydrogens (tertiary/aromatic N) is 3. The number of rotatable bonds is 3. The van der Waals surface area contributed by atoms with Gasteiger partial charge in [-0.15, -0.1) is 0 Å². The van der Waals surface area contributed by atoms with E-state index < -0.39 is 12.8 Å². The lowest BCUT2D eigenvalue weighted by molar-refractivity contribution is -0.177. The Kier molecular flexibility index (Phi) is 2.94. The van der Waals surface area contributed by atoms with Crippen molar-refractivity contribution in [2.24, 2.45) is 7.05 Å². The standard InChI is InChI=1S/C6H9F3N4O/c1-13-5(10)11-4(12-13)2-14-3-6(7,8)9/h2-3H2,1H3,(H2,10,11,12). The number of anilines is 1. The van der Waals surface area contributed by atoms with Crippen LogP contribution in [0.4, 0.5) is 19.1 Å². The number of nitrogens with two attached hydrogens (primary N) is 1. The minimum atomic E-state index is -4.33. The number of aryl methyl sites for hydroxylation is 1. The minimum absolute atomic E-state index is 0.134. The molecule has 0 aliphatic carbocycles. The van der Waals surface area contributed by atoms with Gasteiger partial charge in [-0.3, -0.25) is 0 Å². The van der Waals surface area contributed by atoms with Crippen LogP contribution in [0.1, 0.15) is 5.82 Å². The molecule has 0 atom stereocenters. The van der Waals surface area contributed by atoms with E-state index in [2.05, 4.69) is 14.8 Å². The number of halogens is 3. The molecule has 0 bridgehead atoms. The molecule has 0 saturated heterocycles. The predicted molar refractivity (Wildman–Crippen MR) is 41.1 cm³/mol. The van der Waals surface area contributed by atoms with Crippen LogP contribution < -0.4 is 5.73 Å². The summed E-state index contributed by atoms with van der Waals surface area (Å²) in [6.07, 6.45) is -4.33. The molecule has 0 radical (unpaired) electrons. The Bertz CT molecular complexity index is 289. The van der Waals surface area contributed by atoms with E-state index >= 15 is 0 Å². The van der Waals surface area contributed by atoms with Crippen LogP contribution >= 0.6 is 0 Å². The zero-order valence-electron chi connectivity index (χ0n) is 7.38. The second-order valence-corrected chi connectivity index (χ2v) is 2.62. The second kappa shape index (κ2) is 3.82. The van der Waals surface area contributed by atoms with Gasteiger partial charge < -0.3 is 10.5 Å². The predicted octanol–water partition coefficient (Wildman–Crippen LogP) is 0.476. The fourth-order valence-electron chi connectivity index (χ4n) is 0.771. The summed E-state index contributed by atoms with van der Waals surface area (Å²) in [4.78, 5) is 3.67. The molecule has 0 aliphatic rings. The van der Waals surface area contributed by atoms with Crippen molar-refractivity contribution in [1.82, 2.24) is 14.8 Å². The number of aromatic nitrogens is 3. The summed E-state index contributed by atoms with van der Waals surface area (Å²) in [5, 5.41) is 3.72. The molecule has 1 aromatic rings. The van der Waals surface area contributed by atoms with E-state index in [0.29, 0.717) is 0 Å². The van der Waals surface area contributed by atoms with Gasteiger partial charge in [0.25, 0.3) is 0 Å². The van der Waals surface area contributed by atoms with Crippen molar-refractivity contribution in [2.75, 3.05) is 12.3 Å². The fraction of sp³-hybridized carbons (Fsp3) is 0.667. The monoisotopic (exact) mass is 210 g/mol. The highest BCUT2D eigenvalue weighted by molar-refractivity contribution is 5.14. The van der Waals surface area contributed by atoms with Gasteiger partial charge in [0.2, 0.25) is 5.95 Å². The molecule has 0 saturated carbocycles. The van der Waals surface area contributed by atoms with E-state index in [1.807, 2.05) is 0 Å². The Morgan fingerprint density at radius 2 is 2.14 bits per heavy atom. The van der Waals surface area contributed by atoms with Gasteiger partial charge in [0.05, 0.1) is 0 Å². The third-order valence-corrected chi connectivity index (χ3v) is 1.34. The van der Waals surface area contributed by atoms with E-state index in [9.17, 15) is 13.2 Å². The Labute approximate surface area is 77.7 Å². The van der Waals surface area contributed by atoms with Gasteiger partial charge in [0, 0.05) is 7.05 Å². The third kappa shape index (κ3) is 3.21. The first-order valence-corrected chi connectivity index (χ1v) is 3.68. The average molecular weight is 210 g/mol. The summed E-state index contributed by atoms with van der Waals surface area (Å²) in [6, 6.07) is 0. The minimum Gasteiger partial charge on any atom is -0.368 e. The Morgan fingerprint density at radius 1 is 1.50 bits per heavy atom. The SMILES string of the molecule is Cn1nc(COCC(F)(F)F)nc1N. The highest BCUT2D eigenvalue weighted by Gasteiger charge is 2.27. The molecule has 0 aromatic carbocycles. The van der Waals surface area contributed by atoms with Crippen molar-refractivity contribution < 1.29 is 17.9 Å². The lowest BCUT2D eigenvalue weighted by atomic mass is 10.6. The van der Waals surface area contributed by atoms with Gasteiger partial charge in [-0.25, -0.2) is 4.68 Å². The van der Waals surface area contributed by atoms with Gasteiger partial charge in [-0.05, 0) is 0 Å². The van der Waals surface area contributed by atoms with Gasteiger partial charge in [-0.2, -0.15) is 23.3 Å². The van der Waals surface area contributed by atoms with Crippen LogP contribution in [0.15, 0.2) is 0 Å². The first kappa shape index (κ1) is 10.8. The van der Waals surface area contributed by atoms with Crippen molar-refractivity contribution >= 4 is 5.95 Å². The number of alkyl halides is 3. The maximum Gasteiger partial charge on any atom is 0.411 e. The van der Waals surface area contributed by atoms with E-state index in [1.54, 1.807) is 0 Å². The molecule has 80 valence electrons. The Hall–Kier alpha value is -1.31. The molecular formula is C6H9F3N4O. The summed E-state index contributed by atoms with van der Waals surface area (Å²) in [5.41, 5.74) is 5.31. The van der Waals surface area contributed by atoms with Crippen LogP contribution in [-0.4, -0.2) is 27.5 Å². The molecule has 1 aromatic heterocycles. The topological polar surface area (TPSA) is 66.0 Å². The molecular weight excluding hydrogens is 201 g/mol. The average Bonchev–Trinajstić information content (AvgIpc) is 2.28. The van der Waals surface area contributed by atoms with E-state index in [-0.39, 0.29) is 18.4 Å². The van der Waals surface area contributed by atoms with Crippen molar-refractivity contribution in [3.05, 3.63) is 5.82 Å². The molecule has 1 heterocycles. The maximum absolute atomic E-state index is 11.6. The summed E-state index contributed by atoms with van der Waals surface area (Å²) < 4.78 is 40.5. The second-order valence-electron chi connectivity index (χ2n) is 2.62. The van der Waals surface area contributed by atoms with Gasteiger partial charge in [-0.1, -0.05) is 0 Å². The van der Waals surface area contributed by atoms with Crippen molar-refractivity contribution in [2.45, 2.75) is 12.8 Å². The molecule has 2 N–H and O–H groups in total. The van der Waals surface area contributed by atoms with Gasteiger partial charge in [0.15, 0.2) is 5.82 Å². The van der Waals surface area contributed by atoms with Crippen LogP contribution in [0.3, 0.4) is 0 Å². The lowest BCUT2D eigenvalue weighted by Crippen LogP contribution is -2.17. The third-order valence-electron chi connectivity index (χ3n) is 1.34. The van der Waals surface area contributed by atoms with Crippen LogP contribution in [0.25, 0.3) is 0 Å². The lowest BCUT2D eigenvalue weighted by Gasteiger charge is -2.04. The molecule has 0 amide bonds. The summed E-state index contributed by atoms with van der Waals surface area (Å²) in [6.45, 7) is -1.62. The van der Waals surface area contributed by atoms with E-state index in [4.69, 9.17) is 5.73 Å². The highest BCUT2D eigenvalue weighted by Crippen LogP contribution is 2.15. The zero-order valence-corrected chi connectivity index (χ0v) is 7.38. The van der Waals surface area contributed by atoms with Crippen LogP contribution in [-0.2, 0) is 18.4 Å². The van der Waals surface area contributed by atoms with Gasteiger partial charge >= 0.3 is 6.18 Å². The smallest absolute Gasteiger partial charge is 0.368 e. The fourth-order valence-corrected chi connectivity index (χ4v) is 0.771. The number of ether oxygens (including phenoxy) is 1. The van der Waals surface area contributed by atoms with Crippen LogP contribution in [0.2, 0.25) is 0 Å². The Balaban J connectivity index is 2.39. The van der Waals surface area contributed by atoms with Crippen molar-refractivity contribution in [3.8, 4) is 0 Å². The molecule has 0 aliphatic heterocycles. The highest BCUT2D eigenvalue weighted by atomic mass is 19.4. The summed E-state index contributed by atoms with van der Waals surface area (Å²) in [5.74, 6) is 0.268. The molecule has 14 heavy (non-hydrogen) atoms.